The number of aliphatic carboxylic acids is 1. The van der Waals surface area contributed by atoms with Crippen molar-refractivity contribution in [2.75, 3.05) is 6.61 Å². The van der Waals surface area contributed by atoms with Gasteiger partial charge in [-0.05, 0) is 35.6 Å². The molecule has 0 radical (unpaired) electrons. The number of nitrogens with one attached hydrogen (secondary N) is 1. The number of ether oxygens (including phenoxy) is 1. The van der Waals surface area contributed by atoms with Crippen LogP contribution in [0.2, 0.25) is 0 Å². The van der Waals surface area contributed by atoms with Gasteiger partial charge in [0.2, 0.25) is 5.88 Å². The molecule has 0 aliphatic rings. The van der Waals surface area contributed by atoms with E-state index in [1.54, 1.807) is 24.3 Å². The molecule has 3 rings (SSSR count). The van der Waals surface area contributed by atoms with E-state index in [2.05, 4.69) is 10.4 Å². The molecule has 9 heteroatoms. The number of rotatable bonds is 10. The van der Waals surface area contributed by atoms with Crippen LogP contribution in [0.4, 0.5) is 4.39 Å². The third kappa shape index (κ3) is 6.66. The molecule has 1 aromatic heterocycles. The number of hydrogen-bond acceptors (Lipinski definition) is 6. The largest absolute Gasteiger partial charge is 0.481 e. The number of carboxylic acid groups (broad SMARTS) is 1. The Kier molecular flexibility index (Phi) is 8.26. The van der Waals surface area contributed by atoms with Gasteiger partial charge in [0.1, 0.15) is 23.8 Å². The number of nitrogens with zero attached hydrogens (tertiary/aromatic N) is 2. The van der Waals surface area contributed by atoms with Gasteiger partial charge in [-0.1, -0.05) is 57.2 Å². The molecule has 1 heterocycles. The van der Waals surface area contributed by atoms with Crippen LogP contribution >= 0.6 is 0 Å². The van der Waals surface area contributed by atoms with E-state index in [9.17, 15) is 24.5 Å². The average molecular weight is 486 g/mol. The highest BCUT2D eigenvalue weighted by Gasteiger charge is 2.26. The first kappa shape index (κ1) is 26.3. The maximum Gasteiger partial charge on any atom is 0.305 e. The lowest BCUT2D eigenvalue weighted by Gasteiger charge is -2.25. The van der Waals surface area contributed by atoms with E-state index in [0.717, 1.165) is 11.1 Å². The smallest absolute Gasteiger partial charge is 0.305 e. The van der Waals surface area contributed by atoms with Crippen molar-refractivity contribution in [2.45, 2.75) is 52.5 Å². The molecule has 0 bridgehead atoms. The van der Waals surface area contributed by atoms with E-state index in [4.69, 9.17) is 4.74 Å². The van der Waals surface area contributed by atoms with E-state index in [0.29, 0.717) is 0 Å². The maximum atomic E-state index is 14.6. The van der Waals surface area contributed by atoms with Gasteiger partial charge in [-0.25, -0.2) is 4.39 Å². The third-order valence-corrected chi connectivity index (χ3v) is 5.75. The lowest BCUT2D eigenvalue weighted by molar-refractivity contribution is -0.137. The summed E-state index contributed by atoms with van der Waals surface area (Å²) in [6, 6.07) is 14.0. The van der Waals surface area contributed by atoms with E-state index in [1.807, 2.05) is 39.8 Å². The van der Waals surface area contributed by atoms with Crippen molar-refractivity contribution in [1.29, 1.82) is 0 Å². The minimum Gasteiger partial charge on any atom is -0.481 e. The number of benzene rings is 2. The van der Waals surface area contributed by atoms with E-state index >= 15 is 0 Å². The van der Waals surface area contributed by atoms with Crippen LogP contribution in [0, 0.1) is 18.2 Å². The molecule has 0 saturated carbocycles. The molecule has 3 atom stereocenters. The second kappa shape index (κ2) is 11.0. The fraction of sp³-hybridized carbons (Fsp3) is 0.385. The molecule has 0 aliphatic heterocycles. The van der Waals surface area contributed by atoms with Crippen LogP contribution in [0.15, 0.2) is 54.6 Å². The summed E-state index contributed by atoms with van der Waals surface area (Å²) in [5, 5.41) is 38.0. The fourth-order valence-corrected chi connectivity index (χ4v) is 3.52. The first-order valence-corrected chi connectivity index (χ1v) is 11.3. The van der Waals surface area contributed by atoms with E-state index in [-0.39, 0.29) is 30.3 Å². The number of carbonyl (C=O) groups is 1. The highest BCUT2D eigenvalue weighted by Crippen LogP contribution is 2.28. The number of para-hydroxylation sites is 1. The summed E-state index contributed by atoms with van der Waals surface area (Å²) in [4.78, 5) is 11.5. The second-order valence-corrected chi connectivity index (χ2v) is 9.54. The second-order valence-electron chi connectivity index (χ2n) is 9.54. The van der Waals surface area contributed by atoms with Gasteiger partial charge in [-0.2, -0.15) is 9.78 Å². The highest BCUT2D eigenvalue weighted by atomic mass is 19.1. The van der Waals surface area contributed by atoms with Crippen LogP contribution in [0.3, 0.4) is 0 Å². The summed E-state index contributed by atoms with van der Waals surface area (Å²) < 4.78 is 21.6. The third-order valence-electron chi connectivity index (χ3n) is 5.75. The van der Waals surface area contributed by atoms with Crippen LogP contribution < -0.4 is 10.1 Å². The molecular formula is C26H32FN3O5. The van der Waals surface area contributed by atoms with Crippen molar-refractivity contribution >= 4 is 5.97 Å². The van der Waals surface area contributed by atoms with Crippen LogP contribution in [0.1, 0.15) is 56.3 Å². The first-order valence-electron chi connectivity index (χ1n) is 11.3. The highest BCUT2D eigenvalue weighted by molar-refractivity contribution is 5.68. The van der Waals surface area contributed by atoms with Crippen LogP contribution in [-0.4, -0.2) is 43.8 Å². The molecule has 4 N–H and O–H groups in total. The van der Waals surface area contributed by atoms with Gasteiger partial charge in [0.05, 0.1) is 12.5 Å². The SMILES string of the molecule is Cc1ccccc1[C@H](CC(=O)O)NC(O)c1cc(OC[C@@H](O)C(C)(C)C)n(-c2ccccc2F)n1. The topological polar surface area (TPSA) is 117 Å². The molecule has 3 aromatic rings. The lowest BCUT2D eigenvalue weighted by Crippen LogP contribution is -2.32. The van der Waals surface area contributed by atoms with Gasteiger partial charge in [-0.3, -0.25) is 10.1 Å². The molecule has 0 amide bonds. The van der Waals surface area contributed by atoms with Crippen LogP contribution in [0.25, 0.3) is 5.69 Å². The fourth-order valence-electron chi connectivity index (χ4n) is 3.52. The van der Waals surface area contributed by atoms with Crippen LogP contribution in [0.5, 0.6) is 5.88 Å². The predicted octanol–water partition coefficient (Wildman–Crippen LogP) is 3.90. The zero-order valence-corrected chi connectivity index (χ0v) is 20.3. The first-order chi connectivity index (χ1) is 16.5. The number of hydrogen-bond donors (Lipinski definition) is 4. The Bertz CT molecular complexity index is 1160. The molecule has 8 nitrogen and oxygen atoms in total. The zero-order chi connectivity index (χ0) is 25.8. The molecule has 188 valence electrons. The number of aliphatic hydroxyl groups is 2. The van der Waals surface area contributed by atoms with Crippen molar-refractivity contribution in [3.8, 4) is 11.6 Å². The number of halogens is 1. The summed E-state index contributed by atoms with van der Waals surface area (Å²) in [7, 11) is 0. The van der Waals surface area contributed by atoms with Crippen molar-refractivity contribution in [3.63, 3.8) is 0 Å². The summed E-state index contributed by atoms with van der Waals surface area (Å²) in [5.74, 6) is -1.45. The Morgan fingerprint density at radius 3 is 2.43 bits per heavy atom. The minimum atomic E-state index is -1.37. The number of carboxylic acids is 1. The molecule has 2 aromatic carbocycles. The van der Waals surface area contributed by atoms with Gasteiger partial charge < -0.3 is 20.1 Å². The maximum absolute atomic E-state index is 14.6. The zero-order valence-electron chi connectivity index (χ0n) is 20.3. The lowest BCUT2D eigenvalue weighted by atomic mass is 9.90. The number of aromatic nitrogens is 2. The minimum absolute atomic E-state index is 0.0720. The van der Waals surface area contributed by atoms with Gasteiger partial charge in [0.15, 0.2) is 6.23 Å². The van der Waals surface area contributed by atoms with Crippen molar-refractivity contribution in [1.82, 2.24) is 15.1 Å². The van der Waals surface area contributed by atoms with E-state index in [1.165, 1.54) is 22.9 Å². The van der Waals surface area contributed by atoms with Crippen molar-refractivity contribution in [2.24, 2.45) is 5.41 Å². The normalized spacial score (nSPS) is 14.4. The van der Waals surface area contributed by atoms with Crippen molar-refractivity contribution in [3.05, 3.63) is 77.2 Å². The predicted molar refractivity (Wildman–Crippen MR) is 129 cm³/mol. The Hall–Kier alpha value is -3.27. The molecule has 0 fully saturated rings. The number of aliphatic hydroxyl groups excluding tert-OH is 2. The Morgan fingerprint density at radius 2 is 1.80 bits per heavy atom. The molecule has 0 saturated heterocycles. The summed E-state index contributed by atoms with van der Waals surface area (Å²) in [6.45, 7) is 7.38. The Labute approximate surface area is 204 Å². The van der Waals surface area contributed by atoms with Gasteiger partial charge in [-0.15, -0.1) is 0 Å². The van der Waals surface area contributed by atoms with E-state index < -0.39 is 35.6 Å². The van der Waals surface area contributed by atoms with Gasteiger partial charge in [0.25, 0.3) is 0 Å². The molecule has 0 spiro atoms. The monoisotopic (exact) mass is 485 g/mol. The molecular weight excluding hydrogens is 453 g/mol. The summed E-state index contributed by atoms with van der Waals surface area (Å²) in [5.41, 5.74) is 1.37. The summed E-state index contributed by atoms with van der Waals surface area (Å²) in [6.07, 6.45) is -2.45. The van der Waals surface area contributed by atoms with Gasteiger partial charge in [0, 0.05) is 12.1 Å². The molecule has 1 unspecified atom stereocenters. The summed E-state index contributed by atoms with van der Waals surface area (Å²) >= 11 is 0. The van der Waals surface area contributed by atoms with Crippen LogP contribution in [-0.2, 0) is 4.79 Å². The quantitative estimate of drug-likeness (QED) is 0.322. The molecule has 35 heavy (non-hydrogen) atoms. The van der Waals surface area contributed by atoms with Crippen molar-refractivity contribution < 1.29 is 29.2 Å². The average Bonchev–Trinajstić information content (AvgIpc) is 3.21. The standard InChI is InChI=1S/C26H32FN3O5/c1-16-9-5-6-10-17(16)19(14-24(32)33)28-25(34)20-13-23(35-15-22(31)26(2,3)4)30(29-20)21-12-8-7-11-18(21)27/h5-13,19,22,25,28,31,34H,14-15H2,1-4H3,(H,32,33)/t19-,22+,25?/m0/s1. The van der Waals surface area contributed by atoms with Gasteiger partial charge >= 0.3 is 5.97 Å². The molecule has 0 aliphatic carbocycles. The Morgan fingerprint density at radius 1 is 1.14 bits per heavy atom. The Balaban J connectivity index is 1.93. The number of aryl methyl sites for hydroxylation is 1.